The third kappa shape index (κ3) is 3.79. The molecule has 2 heterocycles. The van der Waals surface area contributed by atoms with Crippen molar-refractivity contribution in [2.75, 3.05) is 18.6 Å². The van der Waals surface area contributed by atoms with Crippen molar-refractivity contribution in [2.45, 2.75) is 25.4 Å². The van der Waals surface area contributed by atoms with Gasteiger partial charge in [-0.05, 0) is 31.0 Å². The lowest BCUT2D eigenvalue weighted by Crippen LogP contribution is -2.52. The van der Waals surface area contributed by atoms with Gasteiger partial charge in [-0.3, -0.25) is 4.90 Å². The Balaban J connectivity index is 2.08. The first kappa shape index (κ1) is 20.0. The minimum atomic E-state index is -3.20. The second-order valence-electron chi connectivity index (χ2n) is 6.47. The third-order valence-electron chi connectivity index (χ3n) is 4.78. The number of carbonyl (C=O) groups excluding carboxylic acids is 2. The highest BCUT2D eigenvalue weighted by Gasteiger charge is 2.42. The molecule has 1 aromatic rings. The highest BCUT2D eigenvalue weighted by Crippen LogP contribution is 2.36. The van der Waals surface area contributed by atoms with Crippen LogP contribution in [0.3, 0.4) is 0 Å². The number of halogens is 2. The number of urea groups is 1. The third-order valence-corrected chi connectivity index (χ3v) is 7.27. The van der Waals surface area contributed by atoms with Crippen LogP contribution in [0.4, 0.5) is 4.79 Å². The van der Waals surface area contributed by atoms with E-state index in [9.17, 15) is 18.0 Å². The summed E-state index contributed by atoms with van der Waals surface area (Å²) in [6, 6.07) is 3.02. The molecule has 2 aliphatic heterocycles. The first-order chi connectivity index (χ1) is 12.6. The molecule has 2 aliphatic rings. The van der Waals surface area contributed by atoms with E-state index < -0.39 is 33.9 Å². The Morgan fingerprint density at radius 1 is 1.30 bits per heavy atom. The second kappa shape index (κ2) is 7.33. The van der Waals surface area contributed by atoms with Crippen LogP contribution < -0.4 is 5.32 Å². The average Bonchev–Trinajstić information content (AvgIpc) is 2.95. The van der Waals surface area contributed by atoms with Crippen molar-refractivity contribution in [1.82, 2.24) is 10.2 Å². The highest BCUT2D eigenvalue weighted by molar-refractivity contribution is 7.91. The van der Waals surface area contributed by atoms with Crippen LogP contribution in [0.25, 0.3) is 0 Å². The van der Waals surface area contributed by atoms with E-state index in [2.05, 4.69) is 5.32 Å². The van der Waals surface area contributed by atoms with E-state index >= 15 is 0 Å². The van der Waals surface area contributed by atoms with Crippen LogP contribution in [-0.2, 0) is 19.4 Å². The van der Waals surface area contributed by atoms with Crippen molar-refractivity contribution in [3.8, 4) is 0 Å². The van der Waals surface area contributed by atoms with Crippen LogP contribution >= 0.6 is 23.2 Å². The summed E-state index contributed by atoms with van der Waals surface area (Å²) in [5, 5.41) is 3.40. The molecule has 0 aromatic heterocycles. The minimum absolute atomic E-state index is 0.0124. The van der Waals surface area contributed by atoms with Gasteiger partial charge in [0, 0.05) is 5.70 Å². The zero-order chi connectivity index (χ0) is 19.9. The number of rotatable bonds is 3. The molecule has 2 atom stereocenters. The van der Waals surface area contributed by atoms with Gasteiger partial charge >= 0.3 is 12.0 Å². The molecule has 27 heavy (non-hydrogen) atoms. The Labute approximate surface area is 167 Å². The standard InChI is InChI=1S/C17H18Cl2N2O5S/c1-9-14(16(22)26-2)15(10-3-4-12(18)13(19)7-10)20-17(23)21(9)11-5-6-27(24,25)8-11/h3-4,7,11,15H,5-6,8H2,1-2H3,(H,20,23)/t11-,15+/m0/s1. The molecule has 1 N–H and O–H groups in total. The van der Waals surface area contributed by atoms with Gasteiger partial charge in [0.15, 0.2) is 9.84 Å². The molecule has 0 spiro atoms. The van der Waals surface area contributed by atoms with E-state index in [0.717, 1.165) is 0 Å². The molecule has 1 saturated heterocycles. The topological polar surface area (TPSA) is 92.8 Å². The number of benzene rings is 1. The van der Waals surface area contributed by atoms with Gasteiger partial charge in [0.05, 0.1) is 46.3 Å². The summed E-state index contributed by atoms with van der Waals surface area (Å²) < 4.78 is 28.6. The maximum Gasteiger partial charge on any atom is 0.337 e. The maximum atomic E-state index is 12.8. The Bertz CT molecular complexity index is 945. The molecule has 0 bridgehead atoms. The van der Waals surface area contributed by atoms with E-state index in [1.807, 2.05) is 0 Å². The number of ether oxygens (including phenoxy) is 1. The van der Waals surface area contributed by atoms with Crippen molar-refractivity contribution in [3.05, 3.63) is 45.1 Å². The fraction of sp³-hybridized carbons (Fsp3) is 0.412. The molecule has 1 aromatic carbocycles. The fourth-order valence-corrected chi connectivity index (χ4v) is 5.50. The van der Waals surface area contributed by atoms with Crippen molar-refractivity contribution in [3.63, 3.8) is 0 Å². The molecule has 10 heteroatoms. The number of methoxy groups -OCH3 is 1. The van der Waals surface area contributed by atoms with Crippen LogP contribution in [0.15, 0.2) is 29.5 Å². The van der Waals surface area contributed by atoms with Gasteiger partial charge in [-0.25, -0.2) is 18.0 Å². The molecule has 1 fully saturated rings. The Hall–Kier alpha value is -1.77. The average molecular weight is 433 g/mol. The molecule has 7 nitrogen and oxygen atoms in total. The van der Waals surface area contributed by atoms with Crippen molar-refractivity contribution >= 4 is 45.0 Å². The molecule has 0 radical (unpaired) electrons. The van der Waals surface area contributed by atoms with Gasteiger partial charge in [0.1, 0.15) is 0 Å². The predicted octanol–water partition coefficient (Wildman–Crippen LogP) is 2.69. The predicted molar refractivity (Wildman–Crippen MR) is 101 cm³/mol. The lowest BCUT2D eigenvalue weighted by atomic mass is 9.94. The maximum absolute atomic E-state index is 12.8. The molecule has 0 unspecified atom stereocenters. The Morgan fingerprint density at radius 2 is 2.00 bits per heavy atom. The molecule has 2 amide bonds. The van der Waals surface area contributed by atoms with E-state index in [-0.39, 0.29) is 22.1 Å². The summed E-state index contributed by atoms with van der Waals surface area (Å²) in [6.45, 7) is 1.61. The zero-order valence-corrected chi connectivity index (χ0v) is 17.0. The number of hydrogen-bond donors (Lipinski definition) is 1. The van der Waals surface area contributed by atoms with E-state index in [0.29, 0.717) is 22.7 Å². The van der Waals surface area contributed by atoms with Crippen LogP contribution in [-0.4, -0.2) is 50.0 Å². The lowest BCUT2D eigenvalue weighted by Gasteiger charge is -2.38. The van der Waals surface area contributed by atoms with E-state index in [1.165, 1.54) is 12.0 Å². The number of nitrogens with one attached hydrogen (secondary N) is 1. The lowest BCUT2D eigenvalue weighted by molar-refractivity contribution is -0.136. The normalized spacial score (nSPS) is 24.7. The molecular weight excluding hydrogens is 415 g/mol. The van der Waals surface area contributed by atoms with Gasteiger partial charge in [0.25, 0.3) is 0 Å². The number of carbonyl (C=O) groups is 2. The second-order valence-corrected chi connectivity index (χ2v) is 9.52. The molecule has 3 rings (SSSR count). The first-order valence-electron chi connectivity index (χ1n) is 8.19. The molecule has 0 saturated carbocycles. The van der Waals surface area contributed by atoms with Gasteiger partial charge < -0.3 is 10.1 Å². The number of allylic oxidation sites excluding steroid dienone is 1. The largest absolute Gasteiger partial charge is 0.466 e. The van der Waals surface area contributed by atoms with Gasteiger partial charge in [-0.1, -0.05) is 29.3 Å². The Morgan fingerprint density at radius 3 is 2.56 bits per heavy atom. The molecule has 0 aliphatic carbocycles. The molecular formula is C17H18Cl2N2O5S. The smallest absolute Gasteiger partial charge is 0.337 e. The van der Waals surface area contributed by atoms with Crippen molar-refractivity contribution in [2.24, 2.45) is 0 Å². The van der Waals surface area contributed by atoms with Crippen LogP contribution in [0.5, 0.6) is 0 Å². The van der Waals surface area contributed by atoms with Crippen molar-refractivity contribution in [1.29, 1.82) is 0 Å². The van der Waals surface area contributed by atoms with E-state index in [1.54, 1.807) is 25.1 Å². The van der Waals surface area contributed by atoms with E-state index in [4.69, 9.17) is 27.9 Å². The summed E-state index contributed by atoms with van der Waals surface area (Å²) in [5.41, 5.74) is 1.15. The summed E-state index contributed by atoms with van der Waals surface area (Å²) >= 11 is 12.0. The summed E-state index contributed by atoms with van der Waals surface area (Å²) in [6.07, 6.45) is 0.318. The Kier molecular flexibility index (Phi) is 5.42. The first-order valence-corrected chi connectivity index (χ1v) is 10.8. The summed E-state index contributed by atoms with van der Waals surface area (Å²) in [7, 11) is -1.96. The number of amides is 2. The summed E-state index contributed by atoms with van der Waals surface area (Å²) in [5.74, 6) is -0.739. The number of sulfone groups is 1. The van der Waals surface area contributed by atoms with Gasteiger partial charge in [-0.15, -0.1) is 0 Å². The number of nitrogens with zero attached hydrogens (tertiary/aromatic N) is 1. The van der Waals surface area contributed by atoms with Gasteiger partial charge in [-0.2, -0.15) is 0 Å². The quantitative estimate of drug-likeness (QED) is 0.740. The highest BCUT2D eigenvalue weighted by atomic mass is 35.5. The number of esters is 1. The fourth-order valence-electron chi connectivity index (χ4n) is 3.49. The monoisotopic (exact) mass is 432 g/mol. The van der Waals surface area contributed by atoms with Crippen molar-refractivity contribution < 1.29 is 22.7 Å². The van der Waals surface area contributed by atoms with Crippen LogP contribution in [0.1, 0.15) is 24.9 Å². The van der Waals surface area contributed by atoms with Crippen LogP contribution in [0, 0.1) is 0 Å². The number of hydrogen-bond acceptors (Lipinski definition) is 5. The SMILES string of the molecule is COC(=O)C1=C(C)N([C@H]2CCS(=O)(=O)C2)C(=O)N[C@@H]1c1ccc(Cl)c(Cl)c1. The minimum Gasteiger partial charge on any atom is -0.466 e. The summed E-state index contributed by atoms with van der Waals surface area (Å²) in [4.78, 5) is 26.6. The van der Waals surface area contributed by atoms with Crippen LogP contribution in [0.2, 0.25) is 10.0 Å². The molecule has 146 valence electrons. The van der Waals surface area contributed by atoms with Gasteiger partial charge in [0.2, 0.25) is 0 Å². The zero-order valence-electron chi connectivity index (χ0n) is 14.7.